The summed E-state index contributed by atoms with van der Waals surface area (Å²) in [4.78, 5) is 34.7. The summed E-state index contributed by atoms with van der Waals surface area (Å²) in [5.74, 6) is -3.30. The Morgan fingerprint density at radius 1 is 1.13 bits per heavy atom. The number of nitrogens with zero attached hydrogens (tertiary/aromatic N) is 1. The highest BCUT2D eigenvalue weighted by Crippen LogP contribution is 2.22. The molecule has 0 radical (unpaired) electrons. The Bertz CT molecular complexity index is 1100. The highest BCUT2D eigenvalue weighted by Gasteiger charge is 2.23. The Balaban J connectivity index is 1.83. The van der Waals surface area contributed by atoms with Gasteiger partial charge in [-0.3, -0.25) is 14.6 Å². The van der Waals surface area contributed by atoms with Gasteiger partial charge in [-0.25, -0.2) is 14.6 Å². The first-order chi connectivity index (χ1) is 14.3. The van der Waals surface area contributed by atoms with E-state index in [1.165, 1.54) is 12.1 Å². The molecule has 0 fully saturated rings. The van der Waals surface area contributed by atoms with Gasteiger partial charge in [0.15, 0.2) is 6.10 Å². The Kier molecular flexibility index (Phi) is 6.40. The van der Waals surface area contributed by atoms with Crippen molar-refractivity contribution in [2.24, 2.45) is 0 Å². The Labute approximate surface area is 169 Å². The summed E-state index contributed by atoms with van der Waals surface area (Å²) in [5, 5.41) is 21.1. The smallest absolute Gasteiger partial charge is 0.333 e. The third-order valence-corrected chi connectivity index (χ3v) is 4.23. The summed E-state index contributed by atoms with van der Waals surface area (Å²) in [7, 11) is 0. The van der Waals surface area contributed by atoms with E-state index >= 15 is 0 Å². The fourth-order valence-corrected chi connectivity index (χ4v) is 2.66. The van der Waals surface area contributed by atoms with E-state index in [2.05, 4.69) is 5.43 Å². The molecule has 156 valence electrons. The summed E-state index contributed by atoms with van der Waals surface area (Å²) in [6.45, 7) is -0.847. The van der Waals surface area contributed by atoms with Crippen LogP contribution in [0.15, 0.2) is 63.9 Å². The summed E-state index contributed by atoms with van der Waals surface area (Å²) < 4.78 is 19.5. The topological polar surface area (TPSA) is 136 Å². The van der Waals surface area contributed by atoms with Crippen LogP contribution in [0.25, 0.3) is 11.1 Å². The number of hydrogen-bond acceptors (Lipinski definition) is 6. The highest BCUT2D eigenvalue weighted by molar-refractivity contribution is 5.91. The molecule has 1 aromatic heterocycles. The number of aliphatic hydroxyl groups excluding tert-OH is 1. The average molecular weight is 415 g/mol. The Hall–Kier alpha value is -3.76. The lowest BCUT2D eigenvalue weighted by Crippen LogP contribution is -2.47. The fraction of sp³-hybridized carbons (Fsp3) is 0.150. The van der Waals surface area contributed by atoms with Crippen molar-refractivity contribution in [3.63, 3.8) is 0 Å². The lowest BCUT2D eigenvalue weighted by molar-refractivity contribution is -0.146. The maximum absolute atomic E-state index is 14.7. The molecule has 0 aliphatic heterocycles. The number of aliphatic carboxylic acids is 1. The van der Waals surface area contributed by atoms with Crippen LogP contribution in [0.5, 0.6) is 0 Å². The standard InChI is InChI=1S/C20H18FN3O6/c21-15-8-13(12-4-2-1-3-5-12)6-7-14(15)11-24(22-10-16(25)20(28)29)19(27)17-9-18(26)23-30-17/h1-9,16,22,25H,10-11H2,(H,23,26)(H,28,29). The predicted molar refractivity (Wildman–Crippen MR) is 103 cm³/mol. The largest absolute Gasteiger partial charge is 0.479 e. The van der Waals surface area contributed by atoms with Crippen molar-refractivity contribution >= 4 is 11.9 Å². The molecule has 30 heavy (non-hydrogen) atoms. The van der Waals surface area contributed by atoms with Gasteiger partial charge in [-0.2, -0.15) is 5.16 Å². The van der Waals surface area contributed by atoms with Gasteiger partial charge < -0.3 is 14.7 Å². The number of amides is 1. The molecule has 1 amide bonds. The number of hydrazine groups is 1. The van der Waals surface area contributed by atoms with Crippen LogP contribution in [0.2, 0.25) is 0 Å². The number of rotatable bonds is 8. The number of carbonyl (C=O) groups excluding carboxylic acids is 1. The zero-order valence-corrected chi connectivity index (χ0v) is 15.5. The molecule has 0 spiro atoms. The molecule has 0 bridgehead atoms. The van der Waals surface area contributed by atoms with Crippen molar-refractivity contribution in [1.29, 1.82) is 0 Å². The lowest BCUT2D eigenvalue weighted by atomic mass is 10.0. The van der Waals surface area contributed by atoms with Crippen LogP contribution in [0.1, 0.15) is 16.1 Å². The first-order valence-electron chi connectivity index (χ1n) is 8.83. The van der Waals surface area contributed by atoms with Gasteiger partial charge in [0.2, 0.25) is 5.76 Å². The summed E-state index contributed by atoms with van der Waals surface area (Å²) in [6.07, 6.45) is -1.80. The molecular weight excluding hydrogens is 397 g/mol. The van der Waals surface area contributed by atoms with Gasteiger partial charge in [-0.05, 0) is 17.2 Å². The molecule has 0 aliphatic carbocycles. The summed E-state index contributed by atoms with van der Waals surface area (Å²) >= 11 is 0. The number of halogens is 1. The molecule has 4 N–H and O–H groups in total. The van der Waals surface area contributed by atoms with Crippen molar-refractivity contribution in [2.75, 3.05) is 6.54 Å². The molecular formula is C20H18FN3O6. The number of aliphatic hydroxyl groups is 1. The maximum atomic E-state index is 14.7. The van der Waals surface area contributed by atoms with E-state index in [9.17, 15) is 23.9 Å². The molecule has 2 aromatic carbocycles. The van der Waals surface area contributed by atoms with Crippen LogP contribution < -0.4 is 11.0 Å². The molecule has 1 unspecified atom stereocenters. The molecule has 0 aliphatic rings. The van der Waals surface area contributed by atoms with Gasteiger partial charge in [0.1, 0.15) is 5.82 Å². The second-order valence-corrected chi connectivity index (χ2v) is 6.36. The number of nitrogens with one attached hydrogen (secondary N) is 2. The Morgan fingerprint density at radius 2 is 1.87 bits per heavy atom. The number of aromatic nitrogens is 1. The van der Waals surface area contributed by atoms with Gasteiger partial charge >= 0.3 is 11.9 Å². The van der Waals surface area contributed by atoms with E-state index in [1.54, 1.807) is 6.07 Å². The van der Waals surface area contributed by atoms with Gasteiger partial charge in [0.05, 0.1) is 19.2 Å². The minimum Gasteiger partial charge on any atom is -0.479 e. The monoisotopic (exact) mass is 415 g/mol. The number of carboxylic acid groups (broad SMARTS) is 1. The maximum Gasteiger partial charge on any atom is 0.333 e. The SMILES string of the molecule is O=C(O)C(O)CNN(Cc1ccc(-c2ccccc2)cc1F)C(=O)c1cc(=O)[nH]o1. The average Bonchev–Trinajstić information content (AvgIpc) is 3.18. The zero-order valence-electron chi connectivity index (χ0n) is 15.5. The third-order valence-electron chi connectivity index (χ3n) is 4.23. The van der Waals surface area contributed by atoms with Crippen LogP contribution in [0.4, 0.5) is 4.39 Å². The number of carboxylic acids is 1. The number of H-pyrrole nitrogens is 1. The normalized spacial score (nSPS) is 11.8. The second-order valence-electron chi connectivity index (χ2n) is 6.36. The van der Waals surface area contributed by atoms with E-state index < -0.39 is 35.9 Å². The quantitative estimate of drug-likeness (QED) is 0.408. The molecule has 0 saturated heterocycles. The second kappa shape index (κ2) is 9.16. The van der Waals surface area contributed by atoms with Crippen molar-refractivity contribution in [3.05, 3.63) is 82.1 Å². The van der Waals surface area contributed by atoms with Crippen LogP contribution in [0, 0.1) is 5.82 Å². The first kappa shape index (κ1) is 21.0. The van der Waals surface area contributed by atoms with Gasteiger partial charge in [-0.1, -0.05) is 42.5 Å². The number of hydrogen-bond donors (Lipinski definition) is 4. The molecule has 1 heterocycles. The minimum absolute atomic E-state index is 0.123. The van der Waals surface area contributed by atoms with E-state index in [1.807, 2.05) is 35.5 Å². The summed E-state index contributed by atoms with van der Waals surface area (Å²) in [5.41, 5.74) is 3.37. The van der Waals surface area contributed by atoms with Crippen molar-refractivity contribution in [1.82, 2.24) is 15.6 Å². The van der Waals surface area contributed by atoms with Gasteiger partial charge in [-0.15, -0.1) is 0 Å². The van der Waals surface area contributed by atoms with E-state index in [0.717, 1.165) is 16.6 Å². The highest BCUT2D eigenvalue weighted by atomic mass is 19.1. The molecule has 3 aromatic rings. The third kappa shape index (κ3) is 4.99. The number of aromatic amines is 1. The Morgan fingerprint density at radius 3 is 2.47 bits per heavy atom. The van der Waals surface area contributed by atoms with Crippen LogP contribution >= 0.6 is 0 Å². The van der Waals surface area contributed by atoms with Crippen molar-refractivity contribution < 1.29 is 28.7 Å². The van der Waals surface area contributed by atoms with Crippen LogP contribution in [-0.2, 0) is 11.3 Å². The molecule has 9 nitrogen and oxygen atoms in total. The van der Waals surface area contributed by atoms with E-state index in [4.69, 9.17) is 9.63 Å². The molecule has 1 atom stereocenters. The fourth-order valence-electron chi connectivity index (χ4n) is 2.66. The van der Waals surface area contributed by atoms with E-state index in [0.29, 0.717) is 5.56 Å². The summed E-state index contributed by atoms with van der Waals surface area (Å²) in [6, 6.07) is 14.5. The van der Waals surface area contributed by atoms with Crippen LogP contribution in [-0.4, -0.2) is 44.9 Å². The predicted octanol–water partition coefficient (Wildman–Crippen LogP) is 1.37. The lowest BCUT2D eigenvalue weighted by Gasteiger charge is -2.23. The number of carbonyl (C=O) groups is 2. The molecule has 3 rings (SSSR count). The molecule has 10 heteroatoms. The first-order valence-corrected chi connectivity index (χ1v) is 8.83. The van der Waals surface area contributed by atoms with E-state index in [-0.39, 0.29) is 17.9 Å². The number of benzene rings is 2. The van der Waals surface area contributed by atoms with Gasteiger partial charge in [0.25, 0.3) is 5.56 Å². The van der Waals surface area contributed by atoms with Crippen molar-refractivity contribution in [2.45, 2.75) is 12.6 Å². The molecule has 0 saturated carbocycles. The van der Waals surface area contributed by atoms with Gasteiger partial charge in [0, 0.05) is 5.56 Å². The van der Waals surface area contributed by atoms with Crippen LogP contribution in [0.3, 0.4) is 0 Å². The van der Waals surface area contributed by atoms with Crippen molar-refractivity contribution in [3.8, 4) is 11.1 Å². The minimum atomic E-state index is -1.80. The zero-order chi connectivity index (χ0) is 21.7.